The zero-order chi connectivity index (χ0) is 26.6. The number of Topliss-reactive ketones (excluding diaryl/α,β-unsaturated/α-hetero) is 1. The fourth-order valence-electron chi connectivity index (χ4n) is 4.39. The fourth-order valence-corrected chi connectivity index (χ4v) is 5.90. The normalized spacial score (nSPS) is 17.9. The molecule has 1 aliphatic rings. The molecule has 0 saturated carbocycles. The summed E-state index contributed by atoms with van der Waals surface area (Å²) in [6.07, 6.45) is 1.38. The van der Waals surface area contributed by atoms with Gasteiger partial charge in [-0.05, 0) is 49.4 Å². The highest BCUT2D eigenvalue weighted by Gasteiger charge is 2.39. The van der Waals surface area contributed by atoms with E-state index in [1.807, 2.05) is 38.1 Å². The van der Waals surface area contributed by atoms with Crippen molar-refractivity contribution in [1.82, 2.24) is 24.9 Å². The lowest BCUT2D eigenvalue weighted by Gasteiger charge is -2.30. The maximum absolute atomic E-state index is 13.4. The number of H-pyrrole nitrogens is 1. The van der Waals surface area contributed by atoms with E-state index < -0.39 is 39.8 Å². The number of fused-ring (bicyclic) bond motifs is 1. The van der Waals surface area contributed by atoms with E-state index in [-0.39, 0.29) is 23.9 Å². The van der Waals surface area contributed by atoms with Crippen molar-refractivity contribution in [2.45, 2.75) is 56.8 Å². The van der Waals surface area contributed by atoms with Crippen LogP contribution in [0.3, 0.4) is 0 Å². The average Bonchev–Trinajstić information content (AvgIpc) is 3.23. The number of aromatic amines is 1. The first-order valence-electron chi connectivity index (χ1n) is 12.3. The van der Waals surface area contributed by atoms with E-state index in [9.17, 15) is 22.8 Å². The van der Waals surface area contributed by atoms with Crippen LogP contribution < -0.4 is 10.6 Å². The summed E-state index contributed by atoms with van der Waals surface area (Å²) in [5.41, 5.74) is 1.09. The van der Waals surface area contributed by atoms with E-state index in [4.69, 9.17) is 0 Å². The maximum Gasteiger partial charge on any atom is 0.268 e. The lowest BCUT2D eigenvalue weighted by molar-refractivity contribution is -0.131. The van der Waals surface area contributed by atoms with Crippen molar-refractivity contribution in [1.29, 1.82) is 0 Å². The second-order valence-electron chi connectivity index (χ2n) is 9.54. The lowest BCUT2D eigenvalue weighted by atomic mass is 10.0. The molecule has 0 aliphatic carbocycles. The van der Waals surface area contributed by atoms with Gasteiger partial charge in [0.2, 0.25) is 5.91 Å². The molecule has 0 spiro atoms. The molecule has 196 valence electrons. The summed E-state index contributed by atoms with van der Waals surface area (Å²) in [6, 6.07) is 12.6. The molecule has 1 fully saturated rings. The number of pyridine rings is 1. The number of amides is 2. The van der Waals surface area contributed by atoms with Gasteiger partial charge in [-0.1, -0.05) is 38.1 Å². The minimum absolute atomic E-state index is 0.0388. The number of para-hydroxylation sites is 1. The Morgan fingerprint density at radius 2 is 1.89 bits per heavy atom. The third-order valence-corrected chi connectivity index (χ3v) is 8.02. The molecular weight excluding hydrogens is 494 g/mol. The Morgan fingerprint density at radius 3 is 2.59 bits per heavy atom. The van der Waals surface area contributed by atoms with Crippen molar-refractivity contribution >= 4 is 38.5 Å². The Balaban J connectivity index is 1.57. The van der Waals surface area contributed by atoms with Crippen molar-refractivity contribution < 1.29 is 22.8 Å². The maximum atomic E-state index is 13.4. The summed E-state index contributed by atoms with van der Waals surface area (Å²) in [5.74, 6) is -1.46. The molecule has 10 nitrogen and oxygen atoms in total. The van der Waals surface area contributed by atoms with E-state index in [2.05, 4.69) is 20.6 Å². The van der Waals surface area contributed by atoms with Gasteiger partial charge in [-0.3, -0.25) is 14.4 Å². The highest BCUT2D eigenvalue weighted by Crippen LogP contribution is 2.22. The number of carbonyl (C=O) groups is 3. The summed E-state index contributed by atoms with van der Waals surface area (Å²) in [4.78, 5) is 46.4. The Kier molecular flexibility index (Phi) is 8.03. The number of nitrogens with one attached hydrogen (secondary N) is 3. The summed E-state index contributed by atoms with van der Waals surface area (Å²) in [5, 5.41) is 6.04. The monoisotopic (exact) mass is 525 g/mol. The molecule has 0 bridgehead atoms. The Morgan fingerprint density at radius 1 is 1.14 bits per heavy atom. The molecule has 0 radical (unpaired) electrons. The first kappa shape index (κ1) is 26.5. The Bertz CT molecular complexity index is 1350. The number of hydrogen-bond donors (Lipinski definition) is 3. The molecule has 1 saturated heterocycles. The van der Waals surface area contributed by atoms with Crippen LogP contribution in [0.2, 0.25) is 0 Å². The molecule has 2 amide bonds. The molecule has 3 heterocycles. The van der Waals surface area contributed by atoms with Gasteiger partial charge in [-0.2, -0.15) is 4.31 Å². The van der Waals surface area contributed by atoms with Crippen LogP contribution in [0.15, 0.2) is 59.8 Å². The first-order valence-corrected chi connectivity index (χ1v) is 13.8. The van der Waals surface area contributed by atoms with Crippen molar-refractivity contribution in [2.75, 3.05) is 6.54 Å². The predicted octanol–water partition coefficient (Wildman–Crippen LogP) is 2.59. The van der Waals surface area contributed by atoms with Crippen molar-refractivity contribution in [3.05, 3.63) is 60.4 Å². The molecule has 2 atom stereocenters. The predicted molar refractivity (Wildman–Crippen MR) is 138 cm³/mol. The minimum atomic E-state index is -4.15. The van der Waals surface area contributed by atoms with E-state index in [1.54, 1.807) is 18.2 Å². The quantitative estimate of drug-likeness (QED) is 0.413. The number of ketones is 1. The second kappa shape index (κ2) is 11.2. The topological polar surface area (TPSA) is 141 Å². The van der Waals surface area contributed by atoms with Crippen LogP contribution in [0, 0.1) is 5.92 Å². The zero-order valence-electron chi connectivity index (χ0n) is 20.8. The van der Waals surface area contributed by atoms with E-state index in [1.165, 1.54) is 12.3 Å². The Labute approximate surface area is 215 Å². The lowest BCUT2D eigenvalue weighted by Crippen LogP contribution is -2.58. The third-order valence-electron chi connectivity index (χ3n) is 6.24. The van der Waals surface area contributed by atoms with Crippen LogP contribution in [-0.2, 0) is 19.6 Å². The standard InChI is InChI=1S/C26H31N5O5S/c1-17(2)15-20(29-25(33)21-16-18-9-3-4-10-19(18)28-21)26(34)30-24-22(32)11-6-8-14-31(24)37(35,36)23-12-5-7-13-27-23/h3-5,7,9-10,12-13,16-17,20,24,28H,6,8,11,14-15H2,1-2H3,(H,29,33)(H,30,34)/t20?,24-/m0/s1. The van der Waals surface area contributed by atoms with Gasteiger partial charge in [-0.15, -0.1) is 0 Å². The minimum Gasteiger partial charge on any atom is -0.351 e. The molecule has 4 rings (SSSR count). The molecule has 1 aromatic carbocycles. The number of hydrogen-bond acceptors (Lipinski definition) is 6. The smallest absolute Gasteiger partial charge is 0.268 e. The van der Waals surface area contributed by atoms with E-state index >= 15 is 0 Å². The van der Waals surface area contributed by atoms with Crippen LogP contribution in [-0.4, -0.2) is 59.0 Å². The summed E-state index contributed by atoms with van der Waals surface area (Å²) < 4.78 is 27.7. The van der Waals surface area contributed by atoms with Crippen molar-refractivity contribution in [2.24, 2.45) is 5.92 Å². The fraction of sp³-hybridized carbons (Fsp3) is 0.385. The number of sulfonamides is 1. The van der Waals surface area contributed by atoms with Gasteiger partial charge < -0.3 is 15.6 Å². The molecule has 2 aromatic heterocycles. The van der Waals surface area contributed by atoms with Crippen LogP contribution in [0.25, 0.3) is 10.9 Å². The SMILES string of the molecule is CC(C)CC(NC(=O)c1cc2ccccc2[nH]1)C(=O)N[C@@H]1C(=O)CCCCN1S(=O)(=O)c1ccccn1. The third kappa shape index (κ3) is 6.05. The molecule has 3 N–H and O–H groups in total. The van der Waals surface area contributed by atoms with Crippen LogP contribution >= 0.6 is 0 Å². The van der Waals surface area contributed by atoms with Gasteiger partial charge in [0, 0.05) is 30.1 Å². The number of aromatic nitrogens is 2. The van der Waals surface area contributed by atoms with Gasteiger partial charge >= 0.3 is 0 Å². The number of carbonyl (C=O) groups excluding carboxylic acids is 3. The van der Waals surface area contributed by atoms with E-state index in [0.29, 0.717) is 25.0 Å². The highest BCUT2D eigenvalue weighted by atomic mass is 32.2. The van der Waals surface area contributed by atoms with Crippen LogP contribution in [0.4, 0.5) is 0 Å². The van der Waals surface area contributed by atoms with E-state index in [0.717, 1.165) is 15.2 Å². The van der Waals surface area contributed by atoms with Gasteiger partial charge in [0.1, 0.15) is 11.7 Å². The van der Waals surface area contributed by atoms with Crippen LogP contribution in [0.5, 0.6) is 0 Å². The number of rotatable bonds is 8. The number of nitrogens with zero attached hydrogens (tertiary/aromatic N) is 2. The molecule has 1 aliphatic heterocycles. The molecule has 1 unspecified atom stereocenters. The summed E-state index contributed by atoms with van der Waals surface area (Å²) in [6.45, 7) is 3.87. The molecule has 37 heavy (non-hydrogen) atoms. The van der Waals surface area contributed by atoms with Gasteiger partial charge in [-0.25, -0.2) is 13.4 Å². The summed E-state index contributed by atoms with van der Waals surface area (Å²) >= 11 is 0. The molecular formula is C26H31N5O5S. The van der Waals surface area contributed by atoms with Gasteiger partial charge in [0.15, 0.2) is 17.0 Å². The van der Waals surface area contributed by atoms with Crippen molar-refractivity contribution in [3.63, 3.8) is 0 Å². The first-order chi connectivity index (χ1) is 17.7. The second-order valence-corrected chi connectivity index (χ2v) is 11.4. The summed E-state index contributed by atoms with van der Waals surface area (Å²) in [7, 11) is -4.15. The average molecular weight is 526 g/mol. The Hall–Kier alpha value is -3.57. The highest BCUT2D eigenvalue weighted by molar-refractivity contribution is 7.89. The number of benzene rings is 1. The van der Waals surface area contributed by atoms with Gasteiger partial charge in [0.25, 0.3) is 15.9 Å². The molecule has 3 aromatic rings. The largest absolute Gasteiger partial charge is 0.351 e. The molecule has 11 heteroatoms. The van der Waals surface area contributed by atoms with Gasteiger partial charge in [0.05, 0.1) is 0 Å². The van der Waals surface area contributed by atoms with Crippen LogP contribution in [0.1, 0.15) is 50.0 Å². The van der Waals surface area contributed by atoms with Crippen molar-refractivity contribution in [3.8, 4) is 0 Å². The zero-order valence-corrected chi connectivity index (χ0v) is 21.6.